The molecule has 7 heteroatoms. The standard InChI is InChI=1S/C25H24BrFN2O3/c1-30-24-15-19(14-23(26)25(24)32-17-18-3-2-4-20(27)13-18)16-28-21-5-7-22(8-6-21)29-9-11-31-12-10-29/h2-8,13-16H,9-12,17H2,1H3. The van der Waals surface area contributed by atoms with Crippen LogP contribution in [0.2, 0.25) is 0 Å². The molecule has 1 heterocycles. The monoisotopic (exact) mass is 498 g/mol. The van der Waals surface area contributed by atoms with Crippen LogP contribution >= 0.6 is 15.9 Å². The van der Waals surface area contributed by atoms with E-state index in [0.29, 0.717) is 11.5 Å². The Kier molecular flexibility index (Phi) is 7.39. The Morgan fingerprint density at radius 3 is 2.59 bits per heavy atom. The summed E-state index contributed by atoms with van der Waals surface area (Å²) in [5, 5.41) is 0. The summed E-state index contributed by atoms with van der Waals surface area (Å²) >= 11 is 3.55. The zero-order valence-electron chi connectivity index (χ0n) is 17.8. The third kappa shape index (κ3) is 5.66. The molecule has 3 aromatic rings. The number of rotatable bonds is 7. The van der Waals surface area contributed by atoms with Gasteiger partial charge in [-0.1, -0.05) is 12.1 Å². The zero-order valence-corrected chi connectivity index (χ0v) is 19.3. The summed E-state index contributed by atoms with van der Waals surface area (Å²) in [6.07, 6.45) is 1.79. The van der Waals surface area contributed by atoms with Crippen LogP contribution in [0, 0.1) is 5.82 Å². The molecular formula is C25H24BrFN2O3. The van der Waals surface area contributed by atoms with Crippen molar-refractivity contribution in [3.8, 4) is 11.5 Å². The minimum Gasteiger partial charge on any atom is -0.493 e. The average Bonchev–Trinajstić information content (AvgIpc) is 2.82. The molecule has 1 fully saturated rings. The molecule has 166 valence electrons. The molecule has 0 spiro atoms. The minimum absolute atomic E-state index is 0.232. The Morgan fingerprint density at radius 1 is 1.09 bits per heavy atom. The molecule has 0 radical (unpaired) electrons. The highest BCUT2D eigenvalue weighted by Gasteiger charge is 2.13. The Bertz CT molecular complexity index is 1080. The maximum absolute atomic E-state index is 13.4. The van der Waals surface area contributed by atoms with Crippen LogP contribution in [0.25, 0.3) is 0 Å². The van der Waals surface area contributed by atoms with Gasteiger partial charge in [-0.25, -0.2) is 4.39 Å². The maximum Gasteiger partial charge on any atom is 0.175 e. The van der Waals surface area contributed by atoms with E-state index in [0.717, 1.165) is 47.6 Å². The fraction of sp³-hybridized carbons (Fsp3) is 0.240. The predicted octanol–water partition coefficient (Wildman–Crippen LogP) is 5.76. The first kappa shape index (κ1) is 22.3. The summed E-state index contributed by atoms with van der Waals surface area (Å²) in [6, 6.07) is 18.3. The number of nitrogens with zero attached hydrogens (tertiary/aromatic N) is 2. The Hall–Kier alpha value is -2.90. The van der Waals surface area contributed by atoms with E-state index in [1.165, 1.54) is 17.8 Å². The van der Waals surface area contributed by atoms with Crippen molar-refractivity contribution >= 4 is 33.5 Å². The van der Waals surface area contributed by atoms with Gasteiger partial charge in [0, 0.05) is 25.0 Å². The van der Waals surface area contributed by atoms with Crippen molar-refractivity contribution in [1.29, 1.82) is 0 Å². The number of aliphatic imine (C=N–C) groups is 1. The van der Waals surface area contributed by atoms with Crippen molar-refractivity contribution in [3.05, 3.63) is 82.1 Å². The van der Waals surface area contributed by atoms with E-state index < -0.39 is 0 Å². The molecular weight excluding hydrogens is 475 g/mol. The second-order valence-corrected chi connectivity index (χ2v) is 8.18. The number of methoxy groups -OCH3 is 1. The first-order chi connectivity index (χ1) is 15.6. The van der Waals surface area contributed by atoms with Gasteiger partial charge >= 0.3 is 0 Å². The fourth-order valence-electron chi connectivity index (χ4n) is 3.46. The first-order valence-electron chi connectivity index (χ1n) is 10.3. The molecule has 0 N–H and O–H groups in total. The van der Waals surface area contributed by atoms with Crippen molar-refractivity contribution in [3.63, 3.8) is 0 Å². The highest BCUT2D eigenvalue weighted by atomic mass is 79.9. The van der Waals surface area contributed by atoms with Gasteiger partial charge < -0.3 is 19.1 Å². The van der Waals surface area contributed by atoms with E-state index in [4.69, 9.17) is 14.2 Å². The summed E-state index contributed by atoms with van der Waals surface area (Å²) < 4.78 is 30.9. The van der Waals surface area contributed by atoms with E-state index in [1.54, 1.807) is 19.4 Å². The maximum atomic E-state index is 13.4. The van der Waals surface area contributed by atoms with Gasteiger partial charge in [0.25, 0.3) is 0 Å². The van der Waals surface area contributed by atoms with E-state index in [-0.39, 0.29) is 12.4 Å². The number of benzene rings is 3. The van der Waals surface area contributed by atoms with Crippen molar-refractivity contribution in [2.45, 2.75) is 6.61 Å². The topological polar surface area (TPSA) is 43.3 Å². The lowest BCUT2D eigenvalue weighted by molar-refractivity contribution is 0.122. The average molecular weight is 499 g/mol. The van der Waals surface area contributed by atoms with Crippen molar-refractivity contribution in [1.82, 2.24) is 0 Å². The second kappa shape index (κ2) is 10.6. The quantitative estimate of drug-likeness (QED) is 0.388. The van der Waals surface area contributed by atoms with Crippen molar-refractivity contribution in [2.24, 2.45) is 4.99 Å². The van der Waals surface area contributed by atoms with Crippen LogP contribution in [0.1, 0.15) is 11.1 Å². The molecule has 4 rings (SSSR count). The normalized spacial score (nSPS) is 14.0. The van der Waals surface area contributed by atoms with Gasteiger partial charge in [-0.05, 0) is 75.6 Å². The number of morpholine rings is 1. The molecule has 0 aromatic heterocycles. The first-order valence-corrected chi connectivity index (χ1v) is 11.1. The van der Waals surface area contributed by atoms with Crippen LogP contribution in [-0.4, -0.2) is 39.6 Å². The summed E-state index contributed by atoms with van der Waals surface area (Å²) in [7, 11) is 1.59. The van der Waals surface area contributed by atoms with Crippen LogP contribution < -0.4 is 14.4 Å². The largest absolute Gasteiger partial charge is 0.493 e. The van der Waals surface area contributed by atoms with Gasteiger partial charge in [0.05, 0.1) is 30.5 Å². The summed E-state index contributed by atoms with van der Waals surface area (Å²) in [5.74, 6) is 0.838. The fourth-order valence-corrected chi connectivity index (χ4v) is 4.03. The smallest absolute Gasteiger partial charge is 0.175 e. The molecule has 1 aliphatic rings. The highest BCUT2D eigenvalue weighted by molar-refractivity contribution is 9.10. The number of hydrogen-bond donors (Lipinski definition) is 0. The molecule has 1 saturated heterocycles. The second-order valence-electron chi connectivity index (χ2n) is 7.33. The summed E-state index contributed by atoms with van der Waals surface area (Å²) in [5.41, 5.74) is 3.65. The van der Waals surface area contributed by atoms with E-state index >= 15 is 0 Å². The third-order valence-electron chi connectivity index (χ3n) is 5.11. The lowest BCUT2D eigenvalue weighted by atomic mass is 10.2. The number of anilines is 1. The Balaban J connectivity index is 1.45. The molecule has 0 atom stereocenters. The number of halogens is 2. The van der Waals surface area contributed by atoms with Crippen LogP contribution in [0.15, 0.2) is 70.1 Å². The van der Waals surface area contributed by atoms with Crippen LogP contribution in [0.4, 0.5) is 15.8 Å². The Morgan fingerprint density at radius 2 is 1.88 bits per heavy atom. The van der Waals surface area contributed by atoms with Crippen molar-refractivity contribution in [2.75, 3.05) is 38.3 Å². The van der Waals surface area contributed by atoms with Crippen LogP contribution in [0.3, 0.4) is 0 Å². The molecule has 1 aliphatic heterocycles. The molecule has 0 bridgehead atoms. The Labute approximate surface area is 195 Å². The van der Waals surface area contributed by atoms with Crippen LogP contribution in [-0.2, 0) is 11.3 Å². The number of hydrogen-bond acceptors (Lipinski definition) is 5. The van der Waals surface area contributed by atoms with Gasteiger partial charge in [-0.15, -0.1) is 0 Å². The molecule has 0 aliphatic carbocycles. The zero-order chi connectivity index (χ0) is 22.3. The third-order valence-corrected chi connectivity index (χ3v) is 5.70. The molecule has 0 saturated carbocycles. The molecule has 5 nitrogen and oxygen atoms in total. The van der Waals surface area contributed by atoms with Gasteiger partial charge in [-0.3, -0.25) is 4.99 Å². The lowest BCUT2D eigenvalue weighted by Crippen LogP contribution is -2.36. The van der Waals surface area contributed by atoms with Gasteiger partial charge in [-0.2, -0.15) is 0 Å². The molecule has 0 amide bonds. The SMILES string of the molecule is COc1cc(C=Nc2ccc(N3CCOCC3)cc2)cc(Br)c1OCc1cccc(F)c1. The van der Waals surface area contributed by atoms with E-state index in [1.807, 2.05) is 30.3 Å². The van der Waals surface area contributed by atoms with E-state index in [9.17, 15) is 4.39 Å². The van der Waals surface area contributed by atoms with Gasteiger partial charge in [0.2, 0.25) is 0 Å². The highest BCUT2D eigenvalue weighted by Crippen LogP contribution is 2.37. The molecule has 32 heavy (non-hydrogen) atoms. The predicted molar refractivity (Wildman–Crippen MR) is 128 cm³/mol. The summed E-state index contributed by atoms with van der Waals surface area (Å²) in [6.45, 7) is 3.57. The van der Waals surface area contributed by atoms with Gasteiger partial charge in [0.1, 0.15) is 12.4 Å². The van der Waals surface area contributed by atoms with Crippen LogP contribution in [0.5, 0.6) is 11.5 Å². The summed E-state index contributed by atoms with van der Waals surface area (Å²) in [4.78, 5) is 6.89. The van der Waals surface area contributed by atoms with Crippen molar-refractivity contribution < 1.29 is 18.6 Å². The minimum atomic E-state index is -0.290. The van der Waals surface area contributed by atoms with Gasteiger partial charge in [0.15, 0.2) is 11.5 Å². The molecule has 0 unspecified atom stereocenters. The lowest BCUT2D eigenvalue weighted by Gasteiger charge is -2.28. The molecule has 3 aromatic carbocycles. The number of ether oxygens (including phenoxy) is 3. The van der Waals surface area contributed by atoms with E-state index in [2.05, 4.69) is 38.0 Å².